The molecule has 192 valence electrons. The van der Waals surface area contributed by atoms with Crippen LogP contribution in [-0.4, -0.2) is 33.0 Å². The molecule has 0 aliphatic heterocycles. The van der Waals surface area contributed by atoms with E-state index < -0.39 is 5.25 Å². The minimum Gasteiger partial charge on any atom is -0.497 e. The number of thioether (sulfide) groups is 1. The number of hydrogen-bond acceptors (Lipinski definition) is 6. The summed E-state index contributed by atoms with van der Waals surface area (Å²) >= 11 is 1.35. The fourth-order valence-electron chi connectivity index (χ4n) is 3.76. The normalized spacial score (nSPS) is 12.7. The molecule has 8 heteroatoms. The summed E-state index contributed by atoms with van der Waals surface area (Å²) in [6.45, 7) is 8.13. The molecule has 0 saturated carbocycles. The SMILES string of the molecule is COc1ccc(NC(=O)C(C)Sc2nnc(C(C)Oc3ccc(C(C)C)cc3)n2-c2ccccc2)cc1. The van der Waals surface area contributed by atoms with Gasteiger partial charge >= 0.3 is 0 Å². The predicted molar refractivity (Wildman–Crippen MR) is 148 cm³/mol. The Balaban J connectivity index is 1.54. The first-order chi connectivity index (χ1) is 17.9. The first kappa shape index (κ1) is 26.3. The van der Waals surface area contributed by atoms with Crippen LogP contribution in [0.3, 0.4) is 0 Å². The Kier molecular flexibility index (Phi) is 8.50. The summed E-state index contributed by atoms with van der Waals surface area (Å²) in [6, 6.07) is 25.2. The van der Waals surface area contributed by atoms with Crippen molar-refractivity contribution in [2.75, 3.05) is 12.4 Å². The molecule has 0 radical (unpaired) electrons. The summed E-state index contributed by atoms with van der Waals surface area (Å²) < 4.78 is 13.4. The lowest BCUT2D eigenvalue weighted by molar-refractivity contribution is -0.115. The zero-order valence-corrected chi connectivity index (χ0v) is 22.5. The zero-order chi connectivity index (χ0) is 26.4. The molecule has 0 spiro atoms. The van der Waals surface area contributed by atoms with Crippen molar-refractivity contribution >= 4 is 23.4 Å². The number of anilines is 1. The largest absolute Gasteiger partial charge is 0.497 e. The third-order valence-corrected chi connectivity index (χ3v) is 6.95. The van der Waals surface area contributed by atoms with Gasteiger partial charge in [0, 0.05) is 11.4 Å². The maximum absolute atomic E-state index is 12.9. The van der Waals surface area contributed by atoms with Crippen LogP contribution < -0.4 is 14.8 Å². The van der Waals surface area contributed by atoms with Crippen LogP contribution in [0.4, 0.5) is 5.69 Å². The smallest absolute Gasteiger partial charge is 0.237 e. The van der Waals surface area contributed by atoms with Crippen LogP contribution in [-0.2, 0) is 4.79 Å². The lowest BCUT2D eigenvalue weighted by Gasteiger charge is -2.18. The van der Waals surface area contributed by atoms with Gasteiger partial charge in [-0.25, -0.2) is 0 Å². The van der Waals surface area contributed by atoms with Gasteiger partial charge in [0.05, 0.1) is 12.4 Å². The molecule has 1 heterocycles. The molecule has 3 aromatic carbocycles. The highest BCUT2D eigenvalue weighted by atomic mass is 32.2. The van der Waals surface area contributed by atoms with Crippen LogP contribution in [0.5, 0.6) is 11.5 Å². The van der Waals surface area contributed by atoms with Gasteiger partial charge in [-0.2, -0.15) is 0 Å². The van der Waals surface area contributed by atoms with Gasteiger partial charge in [-0.3, -0.25) is 9.36 Å². The second-order valence-electron chi connectivity index (χ2n) is 8.97. The third kappa shape index (κ3) is 6.51. The van der Waals surface area contributed by atoms with E-state index in [1.165, 1.54) is 17.3 Å². The van der Waals surface area contributed by atoms with E-state index in [-0.39, 0.29) is 12.0 Å². The second kappa shape index (κ2) is 12.0. The Labute approximate surface area is 222 Å². The summed E-state index contributed by atoms with van der Waals surface area (Å²) in [5.41, 5.74) is 2.86. The van der Waals surface area contributed by atoms with Crippen LogP contribution in [0.2, 0.25) is 0 Å². The van der Waals surface area contributed by atoms with Gasteiger partial charge < -0.3 is 14.8 Å². The number of hydrogen-bond donors (Lipinski definition) is 1. The van der Waals surface area contributed by atoms with Gasteiger partial charge in [-0.05, 0) is 73.9 Å². The lowest BCUT2D eigenvalue weighted by atomic mass is 10.0. The molecule has 0 fully saturated rings. The van der Waals surface area contributed by atoms with Crippen molar-refractivity contribution in [3.05, 3.63) is 90.3 Å². The monoisotopic (exact) mass is 516 g/mol. The van der Waals surface area contributed by atoms with Gasteiger partial charge in [-0.15, -0.1) is 10.2 Å². The van der Waals surface area contributed by atoms with Crippen molar-refractivity contribution in [3.8, 4) is 17.2 Å². The number of para-hydroxylation sites is 1. The Morgan fingerprint density at radius 3 is 2.14 bits per heavy atom. The van der Waals surface area contributed by atoms with E-state index in [2.05, 4.69) is 41.5 Å². The van der Waals surface area contributed by atoms with Crippen molar-refractivity contribution in [1.29, 1.82) is 0 Å². The van der Waals surface area contributed by atoms with Crippen LogP contribution >= 0.6 is 11.8 Å². The molecule has 37 heavy (non-hydrogen) atoms. The Morgan fingerprint density at radius 1 is 0.865 bits per heavy atom. The number of nitrogens with zero attached hydrogens (tertiary/aromatic N) is 3. The number of methoxy groups -OCH3 is 1. The number of aromatic nitrogens is 3. The van der Waals surface area contributed by atoms with E-state index >= 15 is 0 Å². The molecular weight excluding hydrogens is 484 g/mol. The fourth-order valence-corrected chi connectivity index (χ4v) is 4.63. The average Bonchev–Trinajstić information content (AvgIpc) is 3.33. The standard InChI is InChI=1S/C29H32N4O3S/c1-19(2)22-11-15-26(16-12-22)36-20(3)27-31-32-29(33(27)24-9-7-6-8-10-24)37-21(4)28(34)30-23-13-17-25(35-5)18-14-23/h6-21H,1-5H3,(H,30,34). The third-order valence-electron chi connectivity index (χ3n) is 5.90. The van der Waals surface area contributed by atoms with Gasteiger partial charge in [0.2, 0.25) is 5.91 Å². The number of ether oxygens (including phenoxy) is 2. The van der Waals surface area contributed by atoms with Crippen LogP contribution in [0.1, 0.15) is 51.1 Å². The minimum atomic E-state index is -0.415. The highest BCUT2D eigenvalue weighted by molar-refractivity contribution is 8.00. The van der Waals surface area contributed by atoms with E-state index in [4.69, 9.17) is 9.47 Å². The molecule has 7 nitrogen and oxygen atoms in total. The Bertz CT molecular complexity index is 1310. The average molecular weight is 517 g/mol. The molecule has 2 atom stereocenters. The molecule has 4 aromatic rings. The maximum atomic E-state index is 12.9. The zero-order valence-electron chi connectivity index (χ0n) is 21.7. The molecule has 1 aromatic heterocycles. The first-order valence-electron chi connectivity index (χ1n) is 12.2. The molecule has 0 bridgehead atoms. The van der Waals surface area contributed by atoms with E-state index in [9.17, 15) is 4.79 Å². The van der Waals surface area contributed by atoms with Crippen molar-refractivity contribution in [2.24, 2.45) is 0 Å². The molecule has 4 rings (SSSR count). The van der Waals surface area contributed by atoms with Crippen molar-refractivity contribution in [3.63, 3.8) is 0 Å². The van der Waals surface area contributed by atoms with Gasteiger partial charge in [0.25, 0.3) is 0 Å². The summed E-state index contributed by atoms with van der Waals surface area (Å²) in [5, 5.41) is 12.1. The Hall–Kier alpha value is -3.78. The summed E-state index contributed by atoms with van der Waals surface area (Å²) in [7, 11) is 1.61. The maximum Gasteiger partial charge on any atom is 0.237 e. The van der Waals surface area contributed by atoms with E-state index in [0.29, 0.717) is 22.6 Å². The van der Waals surface area contributed by atoms with Crippen LogP contribution in [0.15, 0.2) is 84.0 Å². The topological polar surface area (TPSA) is 78.3 Å². The van der Waals surface area contributed by atoms with E-state index in [1.807, 2.05) is 85.1 Å². The minimum absolute atomic E-state index is 0.131. The summed E-state index contributed by atoms with van der Waals surface area (Å²) in [4.78, 5) is 12.9. The van der Waals surface area contributed by atoms with Crippen molar-refractivity contribution < 1.29 is 14.3 Å². The highest BCUT2D eigenvalue weighted by Crippen LogP contribution is 2.31. The number of carbonyl (C=O) groups excluding carboxylic acids is 1. The molecule has 0 aliphatic carbocycles. The van der Waals surface area contributed by atoms with Crippen molar-refractivity contribution in [1.82, 2.24) is 14.8 Å². The predicted octanol–water partition coefficient (Wildman–Crippen LogP) is 6.66. The van der Waals surface area contributed by atoms with Crippen LogP contribution in [0.25, 0.3) is 5.69 Å². The summed E-state index contributed by atoms with van der Waals surface area (Å²) in [6.07, 6.45) is -0.365. The fraction of sp³-hybridized carbons (Fsp3) is 0.276. The number of carbonyl (C=O) groups is 1. The molecule has 0 saturated heterocycles. The number of benzene rings is 3. The summed E-state index contributed by atoms with van der Waals surface area (Å²) in [5.74, 6) is 2.48. The highest BCUT2D eigenvalue weighted by Gasteiger charge is 2.24. The number of rotatable bonds is 10. The Morgan fingerprint density at radius 2 is 1.51 bits per heavy atom. The second-order valence-corrected chi connectivity index (χ2v) is 10.3. The number of nitrogens with one attached hydrogen (secondary N) is 1. The first-order valence-corrected chi connectivity index (χ1v) is 13.1. The van der Waals surface area contributed by atoms with Gasteiger partial charge in [0.15, 0.2) is 17.1 Å². The van der Waals surface area contributed by atoms with E-state index in [1.54, 1.807) is 7.11 Å². The molecule has 0 aliphatic rings. The molecular formula is C29H32N4O3S. The molecule has 1 amide bonds. The van der Waals surface area contributed by atoms with Crippen molar-refractivity contribution in [2.45, 2.75) is 50.1 Å². The number of amides is 1. The van der Waals surface area contributed by atoms with Gasteiger partial charge in [0.1, 0.15) is 11.5 Å². The lowest BCUT2D eigenvalue weighted by Crippen LogP contribution is -2.23. The quantitative estimate of drug-likeness (QED) is 0.238. The van der Waals surface area contributed by atoms with Crippen LogP contribution in [0, 0.1) is 0 Å². The molecule has 1 N–H and O–H groups in total. The van der Waals surface area contributed by atoms with E-state index in [0.717, 1.165) is 17.2 Å². The molecule has 2 unspecified atom stereocenters. The van der Waals surface area contributed by atoms with Gasteiger partial charge in [-0.1, -0.05) is 55.9 Å².